The van der Waals surface area contributed by atoms with Crippen molar-refractivity contribution in [3.05, 3.63) is 35.9 Å². The number of benzene rings is 1. The van der Waals surface area contributed by atoms with Crippen LogP contribution in [-0.2, 0) is 25.7 Å². The van der Waals surface area contributed by atoms with Gasteiger partial charge in [-0.15, -0.1) is 0 Å². The number of amides is 3. The highest BCUT2D eigenvalue weighted by Crippen LogP contribution is 2.30. The summed E-state index contributed by atoms with van der Waals surface area (Å²) in [7, 11) is 1.56. The summed E-state index contributed by atoms with van der Waals surface area (Å²) in [4.78, 5) is 44.0. The van der Waals surface area contributed by atoms with Crippen molar-refractivity contribution in [2.75, 3.05) is 26.7 Å². The number of aliphatic hydroxyl groups excluding tert-OH is 3. The maximum Gasteiger partial charge on any atom is 0.417 e. The van der Waals surface area contributed by atoms with E-state index in [1.165, 1.54) is 114 Å². The van der Waals surface area contributed by atoms with Gasteiger partial charge in [-0.3, -0.25) is 9.59 Å². The third-order valence-electron chi connectivity index (χ3n) is 11.5. The number of carbonyl (C=O) groups is 3. The van der Waals surface area contributed by atoms with E-state index in [4.69, 9.17) is 9.47 Å². The van der Waals surface area contributed by atoms with Crippen molar-refractivity contribution < 1.29 is 39.2 Å². The van der Waals surface area contributed by atoms with E-state index < -0.39 is 49.2 Å². The van der Waals surface area contributed by atoms with Gasteiger partial charge in [-0.1, -0.05) is 192 Å². The molecule has 11 heteroatoms. The molecule has 334 valence electrons. The Bertz CT molecular complexity index is 1190. The molecule has 2 rings (SSSR count). The highest BCUT2D eigenvalue weighted by Gasteiger charge is 2.53. The minimum absolute atomic E-state index is 0.125. The van der Waals surface area contributed by atoms with Crippen LogP contribution in [-0.4, -0.2) is 100 Å². The second kappa shape index (κ2) is 33.2. The molecule has 0 aromatic heterocycles. The van der Waals surface area contributed by atoms with E-state index in [2.05, 4.69) is 19.2 Å². The molecule has 1 heterocycles. The largest absolute Gasteiger partial charge is 0.444 e. The lowest BCUT2D eigenvalue weighted by Crippen LogP contribution is -2.70. The Kier molecular flexibility index (Phi) is 29.5. The molecule has 1 aliphatic heterocycles. The number of ether oxygens (including phenoxy) is 2. The molecule has 1 saturated heterocycles. The minimum Gasteiger partial charge on any atom is -0.444 e. The average molecular weight is 818 g/mol. The number of hydrogen-bond acceptors (Lipinski definition) is 9. The Morgan fingerprint density at radius 3 is 1.59 bits per heavy atom. The van der Waals surface area contributed by atoms with Crippen molar-refractivity contribution >= 4 is 17.9 Å². The maximum atomic E-state index is 14.2. The molecule has 4 N–H and O–H groups in total. The molecule has 0 aliphatic carbocycles. The zero-order chi connectivity index (χ0) is 42.2. The van der Waals surface area contributed by atoms with Crippen LogP contribution < -0.4 is 5.32 Å². The summed E-state index contributed by atoms with van der Waals surface area (Å²) >= 11 is 0. The molecule has 0 bridgehead atoms. The van der Waals surface area contributed by atoms with E-state index >= 15 is 0 Å². The first-order valence-corrected chi connectivity index (χ1v) is 23.4. The van der Waals surface area contributed by atoms with Gasteiger partial charge in [-0.2, -0.15) is 0 Å². The summed E-state index contributed by atoms with van der Waals surface area (Å²) in [6.45, 7) is 3.74. The monoisotopic (exact) mass is 818 g/mol. The van der Waals surface area contributed by atoms with E-state index in [0.717, 1.165) is 43.4 Å². The lowest BCUT2D eigenvalue weighted by atomic mass is 9.93. The molecule has 5 atom stereocenters. The number of nitrogens with one attached hydrogen (secondary N) is 1. The third-order valence-corrected chi connectivity index (χ3v) is 11.5. The van der Waals surface area contributed by atoms with Crippen LogP contribution in [0.1, 0.15) is 186 Å². The molecule has 1 aliphatic rings. The summed E-state index contributed by atoms with van der Waals surface area (Å²) in [6.07, 6.45) is 22.7. The molecule has 1 fully saturated rings. The van der Waals surface area contributed by atoms with Crippen LogP contribution in [0.2, 0.25) is 0 Å². The van der Waals surface area contributed by atoms with E-state index in [-0.39, 0.29) is 32.0 Å². The number of nitrogens with zero attached hydrogens (tertiary/aromatic N) is 2. The van der Waals surface area contributed by atoms with Gasteiger partial charge in [-0.25, -0.2) is 9.69 Å². The molecule has 11 nitrogen and oxygen atoms in total. The molecular formula is C47H83N3O8. The normalized spacial score (nSPS) is 19.2. The van der Waals surface area contributed by atoms with Crippen LogP contribution in [0.3, 0.4) is 0 Å². The van der Waals surface area contributed by atoms with Crippen molar-refractivity contribution in [1.82, 2.24) is 15.1 Å². The Morgan fingerprint density at radius 2 is 1.12 bits per heavy atom. The lowest BCUT2D eigenvalue weighted by Gasteiger charge is -2.49. The van der Waals surface area contributed by atoms with Gasteiger partial charge in [-0.05, 0) is 25.5 Å². The highest BCUT2D eigenvalue weighted by atomic mass is 16.6. The zero-order valence-electron chi connectivity index (χ0n) is 36.8. The highest BCUT2D eigenvalue weighted by molar-refractivity contribution is 5.93. The van der Waals surface area contributed by atoms with Crippen LogP contribution >= 0.6 is 0 Å². The number of aliphatic hydroxyl groups is 3. The lowest BCUT2D eigenvalue weighted by molar-refractivity contribution is -0.244. The predicted molar refractivity (Wildman–Crippen MR) is 232 cm³/mol. The Morgan fingerprint density at radius 1 is 0.655 bits per heavy atom. The van der Waals surface area contributed by atoms with E-state index in [1.807, 2.05) is 18.2 Å². The van der Waals surface area contributed by atoms with Crippen molar-refractivity contribution in [3.8, 4) is 0 Å². The Balaban J connectivity index is 2.11. The van der Waals surface area contributed by atoms with Crippen molar-refractivity contribution in [3.63, 3.8) is 0 Å². The van der Waals surface area contributed by atoms with E-state index in [1.54, 1.807) is 19.2 Å². The first-order chi connectivity index (χ1) is 28.3. The molecule has 3 amide bonds. The van der Waals surface area contributed by atoms with Crippen LogP contribution in [0.4, 0.5) is 4.79 Å². The molecule has 58 heavy (non-hydrogen) atoms. The number of carbonyl (C=O) groups excluding carboxylic acids is 3. The standard InChI is InChI=1S/C47H83N3O8/c1-4-6-8-10-12-14-15-16-17-18-19-20-22-24-26-31-35-49(41(52)34-30-25-23-21-13-11-9-7-5-2)46-43(45(55)44(54)40(37-51)58-46)50(42(53)36-48-3)47(56)57-38-39-32-28-27-29-33-39/h27-29,32-33,40,43-46,48,51,54-55H,4-26,30-31,34-38H2,1-3H3/t40-,43-,44-,45-,46-/m1/s1. The molecular weight excluding hydrogens is 735 g/mol. The molecule has 0 radical (unpaired) electrons. The van der Waals surface area contributed by atoms with Gasteiger partial charge in [0.1, 0.15) is 31.0 Å². The van der Waals surface area contributed by atoms with Crippen LogP contribution in [0, 0.1) is 0 Å². The summed E-state index contributed by atoms with van der Waals surface area (Å²) in [6, 6.07) is 7.55. The number of likely N-dealkylation sites (N-methyl/N-ethyl adjacent to an activating group) is 1. The summed E-state index contributed by atoms with van der Waals surface area (Å²) in [5, 5.41) is 35.7. The first-order valence-electron chi connectivity index (χ1n) is 23.4. The van der Waals surface area contributed by atoms with Crippen LogP contribution in [0.25, 0.3) is 0 Å². The number of rotatable bonds is 34. The first kappa shape index (κ1) is 51.6. The third kappa shape index (κ3) is 20.6. The van der Waals surface area contributed by atoms with Gasteiger partial charge in [0.15, 0.2) is 6.23 Å². The van der Waals surface area contributed by atoms with Gasteiger partial charge in [0.05, 0.1) is 13.2 Å². The quantitative estimate of drug-likeness (QED) is 0.0500. The number of imide groups is 1. The molecule has 0 unspecified atom stereocenters. The molecule has 1 aromatic carbocycles. The molecule has 1 aromatic rings. The zero-order valence-corrected chi connectivity index (χ0v) is 36.8. The predicted octanol–water partition coefficient (Wildman–Crippen LogP) is 9.19. The number of hydrogen-bond donors (Lipinski definition) is 4. The second-order valence-corrected chi connectivity index (χ2v) is 16.5. The van der Waals surface area contributed by atoms with Crippen LogP contribution in [0.5, 0.6) is 0 Å². The maximum absolute atomic E-state index is 14.2. The van der Waals surface area contributed by atoms with Crippen molar-refractivity contribution in [1.29, 1.82) is 0 Å². The van der Waals surface area contributed by atoms with E-state index in [9.17, 15) is 29.7 Å². The number of unbranched alkanes of at least 4 members (excludes halogenated alkanes) is 23. The second-order valence-electron chi connectivity index (χ2n) is 16.5. The Labute approximate surface area is 352 Å². The van der Waals surface area contributed by atoms with Crippen molar-refractivity contribution in [2.45, 2.75) is 218 Å². The average Bonchev–Trinajstić information content (AvgIpc) is 3.23. The van der Waals surface area contributed by atoms with Gasteiger partial charge in [0.2, 0.25) is 11.8 Å². The SMILES string of the molecule is CCCCCCCCCCCCCCCCCCN(C(=O)CCCCCCCCCCC)[C@@H]1O[C@H](CO)[C@@H](O)[C@H](O)[C@H]1N(C(=O)CNC)C(=O)OCc1ccccc1. The summed E-state index contributed by atoms with van der Waals surface area (Å²) < 4.78 is 11.8. The van der Waals surface area contributed by atoms with E-state index in [0.29, 0.717) is 18.4 Å². The van der Waals surface area contributed by atoms with Crippen molar-refractivity contribution in [2.24, 2.45) is 0 Å². The topological polar surface area (TPSA) is 149 Å². The van der Waals surface area contributed by atoms with Crippen LogP contribution in [0.15, 0.2) is 30.3 Å². The fraction of sp³-hybridized carbons (Fsp3) is 0.809. The van der Waals surface area contributed by atoms with Gasteiger partial charge < -0.3 is 35.0 Å². The van der Waals surface area contributed by atoms with Gasteiger partial charge in [0, 0.05) is 13.0 Å². The Hall–Kier alpha value is -2.57. The fourth-order valence-corrected chi connectivity index (χ4v) is 7.99. The smallest absolute Gasteiger partial charge is 0.417 e. The summed E-state index contributed by atoms with van der Waals surface area (Å²) in [5.41, 5.74) is 0.704. The molecule has 0 saturated carbocycles. The fourth-order valence-electron chi connectivity index (χ4n) is 7.99. The minimum atomic E-state index is -1.71. The molecule has 0 spiro atoms. The van der Waals surface area contributed by atoms with Gasteiger partial charge in [0.25, 0.3) is 0 Å². The van der Waals surface area contributed by atoms with Gasteiger partial charge >= 0.3 is 6.09 Å². The summed E-state index contributed by atoms with van der Waals surface area (Å²) in [5.74, 6) is -0.917.